The molecule has 0 radical (unpaired) electrons. The van der Waals surface area contributed by atoms with Gasteiger partial charge in [-0.15, -0.1) is 0 Å². The lowest BCUT2D eigenvalue weighted by atomic mass is 9.54. The molecule has 12 bridgehead atoms. The van der Waals surface area contributed by atoms with Crippen molar-refractivity contribution in [3.8, 4) is 0 Å². The van der Waals surface area contributed by atoms with Crippen molar-refractivity contribution >= 4 is 71.6 Å². The van der Waals surface area contributed by atoms with E-state index < -0.39 is 171 Å². The Morgan fingerprint density at radius 2 is 0.773 bits per heavy atom. The van der Waals surface area contributed by atoms with Crippen molar-refractivity contribution in [3.63, 3.8) is 0 Å². The summed E-state index contributed by atoms with van der Waals surface area (Å²) in [5.41, 5.74) is -1.06. The molecule has 12 saturated carbocycles. The highest BCUT2D eigenvalue weighted by molar-refractivity contribution is 5.86. The molecule has 2 aliphatic heterocycles. The predicted octanol–water partition coefficient (Wildman–Crippen LogP) is 4.85. The Hall–Kier alpha value is -6.64. The lowest BCUT2D eigenvalue weighted by Gasteiger charge is -2.55. The van der Waals surface area contributed by atoms with Gasteiger partial charge in [0.25, 0.3) is 0 Å². The van der Waals surface area contributed by atoms with Gasteiger partial charge in [0, 0.05) is 63.2 Å². The van der Waals surface area contributed by atoms with Gasteiger partial charge in [0.2, 0.25) is 0 Å². The summed E-state index contributed by atoms with van der Waals surface area (Å²) in [6, 6.07) is 0. The van der Waals surface area contributed by atoms with Crippen LogP contribution >= 0.6 is 0 Å². The number of esters is 12. The molecule has 0 N–H and O–H groups in total. The number of halogens is 4. The SMILES string of the molecule is CC(F)(F)C(=O)OC(CCC(=O)OCC(=O)OC12CC3CC(CC(C3)C1)C2)C(=O)OCC(=O)OC12CC3CC(CC(C3)C1)C2.CC(F)(F)C(=O)OC(CCC(=O)OCC(=O)OC1C2CC3C(=O)OC1C3C2)C(=O)OCC(=O)OC1C2CC3C(=O)OC1C3C2. The predicted molar refractivity (Wildman–Crippen MR) is 276 cm³/mol. The van der Waals surface area contributed by atoms with E-state index in [2.05, 4.69) is 9.47 Å². The molecular formula is C60H72F4O24. The van der Waals surface area contributed by atoms with E-state index in [1.165, 1.54) is 19.3 Å². The second-order valence-electron chi connectivity index (χ2n) is 27.0. The normalized spacial score (nSPS) is 36.4. The zero-order valence-electron chi connectivity index (χ0n) is 48.7. The molecule has 14 fully saturated rings. The van der Waals surface area contributed by atoms with Crippen molar-refractivity contribution in [1.29, 1.82) is 0 Å². The summed E-state index contributed by atoms with van der Waals surface area (Å²) in [5, 5.41) is 0. The Morgan fingerprint density at radius 3 is 1.11 bits per heavy atom. The minimum absolute atomic E-state index is 0.00262. The smallest absolute Gasteiger partial charge is 0.377 e. The molecule has 0 spiro atoms. The third-order valence-electron chi connectivity index (χ3n) is 20.3. The minimum atomic E-state index is -3.98. The van der Waals surface area contributed by atoms with Crippen molar-refractivity contribution < 1.29 is 132 Å². The molecule has 2 saturated heterocycles. The number of hydrogen-bond acceptors (Lipinski definition) is 24. The van der Waals surface area contributed by atoms with E-state index in [4.69, 9.17) is 47.4 Å². The monoisotopic (exact) mass is 1250 g/mol. The standard InChI is InChI=1S/C32H42F2O10.C28H30F2O14/c1-30(33,34)29(39)42-24(28(38)41-17-27(37)44-32-13-21-7-22(14-32)9-23(8-21)15-32)2-3-25(35)40-16-26(36)43-31-10-18-4-19(11-31)6-20(5-18)12-31;1-28(29,30)27(37)40-16(26(36)39-9-19(33)42-21-11-5-13-15(7-11)25(35)44-23(13)21)2-3-17(31)38-8-18(32)41-20-10-4-12-14(6-10)24(34)43-22(12)20/h18-24H,2-17H2,1H3;10-16,20-23H,2-9H2,1H3. The van der Waals surface area contributed by atoms with Crippen molar-refractivity contribution in [1.82, 2.24) is 0 Å². The molecular weight excluding hydrogens is 1180 g/mol. The van der Waals surface area contributed by atoms with Crippen LogP contribution < -0.4 is 0 Å². The van der Waals surface area contributed by atoms with Crippen LogP contribution in [0.3, 0.4) is 0 Å². The maximum absolute atomic E-state index is 13.5. The summed E-state index contributed by atoms with van der Waals surface area (Å²) < 4.78 is 116. The fraction of sp³-hybridized carbons (Fsp3) is 0.800. The molecule has 484 valence electrons. The van der Waals surface area contributed by atoms with Gasteiger partial charge in [-0.1, -0.05) is 0 Å². The van der Waals surface area contributed by atoms with Gasteiger partial charge in [-0.25, -0.2) is 38.4 Å². The number of hydrogen-bond donors (Lipinski definition) is 0. The Morgan fingerprint density at radius 1 is 0.455 bits per heavy atom. The quantitative estimate of drug-likeness (QED) is 0.0708. The second kappa shape index (κ2) is 24.6. The first-order chi connectivity index (χ1) is 41.6. The Bertz CT molecular complexity index is 2750. The van der Waals surface area contributed by atoms with Gasteiger partial charge in [-0.05, 0) is 138 Å². The molecule has 24 nitrogen and oxygen atoms in total. The minimum Gasteiger partial charge on any atom is -0.458 e. The highest BCUT2D eigenvalue weighted by Crippen LogP contribution is 2.60. The van der Waals surface area contributed by atoms with Gasteiger partial charge in [-0.3, -0.25) is 19.2 Å². The van der Waals surface area contributed by atoms with Crippen LogP contribution in [0.1, 0.15) is 142 Å². The third kappa shape index (κ3) is 13.9. The van der Waals surface area contributed by atoms with Crippen LogP contribution in [-0.4, -0.2) is 158 Å². The largest absolute Gasteiger partial charge is 0.458 e. The maximum atomic E-state index is 13.5. The van der Waals surface area contributed by atoms with Crippen LogP contribution in [0, 0.1) is 71.0 Å². The Labute approximate surface area is 501 Å². The van der Waals surface area contributed by atoms with Crippen molar-refractivity contribution in [3.05, 3.63) is 0 Å². The van der Waals surface area contributed by atoms with E-state index in [1.807, 2.05) is 0 Å². The number of carbonyl (C=O) groups is 12. The van der Waals surface area contributed by atoms with Gasteiger partial charge in [-0.2, -0.15) is 17.6 Å². The fourth-order valence-electron chi connectivity index (χ4n) is 17.6. The van der Waals surface area contributed by atoms with Gasteiger partial charge >= 0.3 is 83.5 Å². The average molecular weight is 1250 g/mol. The first-order valence-corrected chi connectivity index (χ1v) is 30.6. The van der Waals surface area contributed by atoms with Gasteiger partial charge in [0.05, 0.1) is 11.8 Å². The zero-order valence-corrected chi connectivity index (χ0v) is 48.7. The Balaban J connectivity index is 0.000000182. The summed E-state index contributed by atoms with van der Waals surface area (Å²) in [5.74, 6) is -17.8. The van der Waals surface area contributed by atoms with E-state index in [9.17, 15) is 75.1 Å². The molecule has 12 unspecified atom stereocenters. The maximum Gasteiger partial charge on any atom is 0.377 e. The molecule has 12 atom stereocenters. The molecule has 0 aromatic heterocycles. The molecule has 14 aliphatic rings. The van der Waals surface area contributed by atoms with Crippen LogP contribution in [0.15, 0.2) is 0 Å². The van der Waals surface area contributed by atoms with Crippen LogP contribution in [0.25, 0.3) is 0 Å². The topological polar surface area (TPSA) is 316 Å². The molecule has 28 heteroatoms. The van der Waals surface area contributed by atoms with Crippen LogP contribution in [-0.2, 0) is 114 Å². The van der Waals surface area contributed by atoms with E-state index in [0.717, 1.165) is 57.8 Å². The average Bonchev–Trinajstić information content (AvgIpc) is 1.37. The number of rotatable bonds is 24. The second-order valence-corrected chi connectivity index (χ2v) is 27.0. The highest BCUT2D eigenvalue weighted by atomic mass is 19.3. The molecule has 12 aliphatic carbocycles. The summed E-state index contributed by atoms with van der Waals surface area (Å²) >= 11 is 0. The van der Waals surface area contributed by atoms with Crippen molar-refractivity contribution in [2.75, 3.05) is 26.4 Å². The summed E-state index contributed by atoms with van der Waals surface area (Å²) in [6.45, 7) is -2.61. The Kier molecular flexibility index (Phi) is 17.6. The zero-order chi connectivity index (χ0) is 62.8. The molecule has 88 heavy (non-hydrogen) atoms. The molecule has 0 aromatic carbocycles. The number of ether oxygens (including phenoxy) is 12. The first-order valence-electron chi connectivity index (χ1n) is 30.6. The van der Waals surface area contributed by atoms with E-state index >= 15 is 0 Å². The van der Waals surface area contributed by atoms with Crippen LogP contribution in [0.5, 0.6) is 0 Å². The van der Waals surface area contributed by atoms with E-state index in [-0.39, 0.29) is 54.4 Å². The van der Waals surface area contributed by atoms with Crippen molar-refractivity contribution in [2.24, 2.45) is 71.0 Å². The lowest BCUT2D eigenvalue weighted by Crippen LogP contribution is -2.53. The number of carbonyl (C=O) groups excluding carboxylic acids is 12. The van der Waals surface area contributed by atoms with E-state index in [1.54, 1.807) is 0 Å². The highest BCUT2D eigenvalue weighted by Gasteiger charge is 2.65. The van der Waals surface area contributed by atoms with Crippen LogP contribution in [0.2, 0.25) is 0 Å². The van der Waals surface area contributed by atoms with Gasteiger partial charge in [0.1, 0.15) is 35.6 Å². The lowest BCUT2D eigenvalue weighted by molar-refractivity contribution is -0.196. The van der Waals surface area contributed by atoms with Gasteiger partial charge in [0.15, 0.2) is 38.6 Å². The molecule has 0 amide bonds. The van der Waals surface area contributed by atoms with Crippen LogP contribution in [0.4, 0.5) is 17.6 Å². The molecule has 0 aromatic rings. The summed E-state index contributed by atoms with van der Waals surface area (Å²) in [7, 11) is 0. The third-order valence-corrected chi connectivity index (χ3v) is 20.3. The van der Waals surface area contributed by atoms with E-state index in [0.29, 0.717) is 68.1 Å². The summed E-state index contributed by atoms with van der Waals surface area (Å²) in [4.78, 5) is 147. The molecule has 14 rings (SSSR count). The number of alkyl halides is 4. The van der Waals surface area contributed by atoms with Crippen molar-refractivity contribution in [2.45, 2.75) is 202 Å². The first kappa shape index (κ1) is 62.9. The van der Waals surface area contributed by atoms with Gasteiger partial charge < -0.3 is 56.8 Å². The number of fused-ring (bicyclic) bond motifs is 2. The summed E-state index contributed by atoms with van der Waals surface area (Å²) in [6.07, 6.45) is 5.46. The fourth-order valence-corrected chi connectivity index (χ4v) is 17.6. The molecule has 2 heterocycles.